The van der Waals surface area contributed by atoms with Crippen molar-refractivity contribution in [2.75, 3.05) is 13.1 Å². The molecule has 1 saturated heterocycles. The third-order valence-electron chi connectivity index (χ3n) is 4.57. The highest BCUT2D eigenvalue weighted by Gasteiger charge is 2.51. The summed E-state index contributed by atoms with van der Waals surface area (Å²) in [7, 11) is 0. The third kappa shape index (κ3) is 2.38. The van der Waals surface area contributed by atoms with Gasteiger partial charge in [0.15, 0.2) is 0 Å². The molecule has 3 N–H and O–H groups in total. The number of amides is 2. The van der Waals surface area contributed by atoms with Crippen LogP contribution in [0.3, 0.4) is 0 Å². The van der Waals surface area contributed by atoms with Crippen molar-refractivity contribution in [3.63, 3.8) is 0 Å². The quantitative estimate of drug-likeness (QED) is 0.854. The van der Waals surface area contributed by atoms with Crippen LogP contribution in [0, 0.1) is 19.8 Å². The Kier molecular flexibility index (Phi) is 3.17. The number of nitrogens with two attached hydrogens (primary N) is 1. The number of hydrogen-bond donors (Lipinski definition) is 2. The maximum absolute atomic E-state index is 12.2. The van der Waals surface area contributed by atoms with Gasteiger partial charge in [0.25, 0.3) is 0 Å². The zero-order chi connectivity index (χ0) is 14.3. The molecular weight excluding hydrogens is 252 g/mol. The number of rotatable bonds is 2. The molecule has 5 nitrogen and oxygen atoms in total. The van der Waals surface area contributed by atoms with E-state index < -0.39 is 0 Å². The van der Waals surface area contributed by atoms with Gasteiger partial charge in [0, 0.05) is 36.6 Å². The minimum Gasteiger partial charge on any atom is -0.334 e. The highest BCUT2D eigenvalue weighted by molar-refractivity contribution is 5.75. The average molecular weight is 274 g/mol. The molecule has 2 atom stereocenters. The van der Waals surface area contributed by atoms with E-state index in [0.29, 0.717) is 19.0 Å². The Morgan fingerprint density at radius 3 is 2.70 bits per heavy atom. The van der Waals surface area contributed by atoms with Gasteiger partial charge in [0.2, 0.25) is 0 Å². The lowest BCUT2D eigenvalue weighted by Crippen LogP contribution is -2.55. The average Bonchev–Trinajstić information content (AvgIpc) is 2.59. The molecule has 1 aliphatic carbocycles. The van der Waals surface area contributed by atoms with Crippen LogP contribution in [-0.4, -0.2) is 34.5 Å². The van der Waals surface area contributed by atoms with Crippen LogP contribution in [0.4, 0.5) is 4.79 Å². The van der Waals surface area contributed by atoms with Crippen molar-refractivity contribution < 1.29 is 4.79 Å². The molecular formula is C15H22N4O. The predicted molar refractivity (Wildman–Crippen MR) is 77.2 cm³/mol. The number of likely N-dealkylation sites (tertiary alicyclic amines) is 1. The van der Waals surface area contributed by atoms with Gasteiger partial charge in [-0.15, -0.1) is 0 Å². The molecule has 5 heteroatoms. The van der Waals surface area contributed by atoms with E-state index in [2.05, 4.69) is 10.3 Å². The Bertz CT molecular complexity index is 524. The first-order valence-electron chi connectivity index (χ1n) is 7.22. The van der Waals surface area contributed by atoms with Crippen molar-refractivity contribution in [2.45, 2.75) is 38.8 Å². The lowest BCUT2D eigenvalue weighted by atomic mass is 9.70. The van der Waals surface area contributed by atoms with Crippen LogP contribution in [-0.2, 0) is 6.54 Å². The number of pyridine rings is 1. The number of carbonyl (C=O) groups is 1. The third-order valence-corrected chi connectivity index (χ3v) is 4.57. The number of carbonyl (C=O) groups excluding carboxylic acids is 1. The fraction of sp³-hybridized carbons (Fsp3) is 0.600. The second kappa shape index (κ2) is 4.74. The first kappa shape index (κ1) is 13.4. The number of aromatic nitrogens is 1. The molecule has 2 aliphatic rings. The zero-order valence-corrected chi connectivity index (χ0v) is 12.1. The van der Waals surface area contributed by atoms with E-state index in [9.17, 15) is 4.79 Å². The van der Waals surface area contributed by atoms with Gasteiger partial charge in [-0.3, -0.25) is 4.98 Å². The van der Waals surface area contributed by atoms with Crippen LogP contribution in [0.5, 0.6) is 0 Å². The van der Waals surface area contributed by atoms with Crippen LogP contribution in [0.1, 0.15) is 29.8 Å². The summed E-state index contributed by atoms with van der Waals surface area (Å²) in [5, 5.41) is 2.99. The van der Waals surface area contributed by atoms with E-state index in [1.165, 1.54) is 0 Å². The lowest BCUT2D eigenvalue weighted by Gasteiger charge is -2.39. The molecule has 20 heavy (non-hydrogen) atoms. The van der Waals surface area contributed by atoms with E-state index in [4.69, 9.17) is 5.73 Å². The highest BCUT2D eigenvalue weighted by Crippen LogP contribution is 2.42. The van der Waals surface area contributed by atoms with Gasteiger partial charge in [-0.25, -0.2) is 4.79 Å². The van der Waals surface area contributed by atoms with E-state index in [1.54, 1.807) is 0 Å². The SMILES string of the molecule is Cc1cc(CNC(=O)N2C[C@@H]3CC[C@]3(N)C2)cc(C)n1. The monoisotopic (exact) mass is 274 g/mol. The van der Waals surface area contributed by atoms with Gasteiger partial charge in [-0.05, 0) is 50.3 Å². The smallest absolute Gasteiger partial charge is 0.317 e. The van der Waals surface area contributed by atoms with E-state index in [0.717, 1.165) is 36.3 Å². The Morgan fingerprint density at radius 2 is 2.20 bits per heavy atom. The Labute approximate surface area is 119 Å². The molecule has 0 radical (unpaired) electrons. The Morgan fingerprint density at radius 1 is 1.50 bits per heavy atom. The fourth-order valence-electron chi connectivity index (χ4n) is 3.35. The minimum absolute atomic E-state index is 0.00339. The first-order chi connectivity index (χ1) is 9.46. The van der Waals surface area contributed by atoms with Gasteiger partial charge in [-0.1, -0.05) is 0 Å². The number of urea groups is 1. The maximum Gasteiger partial charge on any atom is 0.317 e. The fourth-order valence-corrected chi connectivity index (χ4v) is 3.35. The number of nitrogens with one attached hydrogen (secondary N) is 1. The summed E-state index contributed by atoms with van der Waals surface area (Å²) in [5.41, 5.74) is 9.20. The van der Waals surface area contributed by atoms with Gasteiger partial charge in [0.05, 0.1) is 0 Å². The summed E-state index contributed by atoms with van der Waals surface area (Å²) >= 11 is 0. The van der Waals surface area contributed by atoms with E-state index >= 15 is 0 Å². The number of fused-ring (bicyclic) bond motifs is 1. The summed E-state index contributed by atoms with van der Waals surface area (Å²) in [5.74, 6) is 0.499. The summed E-state index contributed by atoms with van der Waals surface area (Å²) in [6.07, 6.45) is 2.20. The van der Waals surface area contributed by atoms with E-state index in [-0.39, 0.29) is 11.6 Å². The van der Waals surface area contributed by atoms with Crippen molar-refractivity contribution in [1.82, 2.24) is 15.2 Å². The van der Waals surface area contributed by atoms with Gasteiger partial charge >= 0.3 is 6.03 Å². The van der Waals surface area contributed by atoms with Crippen molar-refractivity contribution in [3.8, 4) is 0 Å². The number of aryl methyl sites for hydroxylation is 2. The van der Waals surface area contributed by atoms with Gasteiger partial charge < -0.3 is 16.0 Å². The number of hydrogen-bond acceptors (Lipinski definition) is 3. The summed E-state index contributed by atoms with van der Waals surface area (Å²) < 4.78 is 0. The minimum atomic E-state index is -0.110. The molecule has 108 valence electrons. The molecule has 0 spiro atoms. The topological polar surface area (TPSA) is 71.2 Å². The number of nitrogens with zero attached hydrogens (tertiary/aromatic N) is 2. The lowest BCUT2D eigenvalue weighted by molar-refractivity contribution is 0.187. The van der Waals surface area contributed by atoms with Crippen molar-refractivity contribution in [2.24, 2.45) is 11.7 Å². The van der Waals surface area contributed by atoms with Crippen LogP contribution >= 0.6 is 0 Å². The molecule has 0 unspecified atom stereocenters. The molecule has 2 amide bonds. The molecule has 1 aromatic rings. The second-order valence-electron chi connectivity index (χ2n) is 6.27. The van der Waals surface area contributed by atoms with Crippen LogP contribution < -0.4 is 11.1 Å². The molecule has 1 aromatic heterocycles. The predicted octanol–water partition coefficient (Wildman–Crippen LogP) is 1.33. The maximum atomic E-state index is 12.2. The second-order valence-corrected chi connectivity index (χ2v) is 6.27. The summed E-state index contributed by atoms with van der Waals surface area (Å²) in [4.78, 5) is 18.4. The van der Waals surface area contributed by atoms with Crippen molar-refractivity contribution in [1.29, 1.82) is 0 Å². The molecule has 0 aromatic carbocycles. The summed E-state index contributed by atoms with van der Waals surface area (Å²) in [6, 6.07) is 4.01. The van der Waals surface area contributed by atoms with Crippen LogP contribution in [0.25, 0.3) is 0 Å². The largest absolute Gasteiger partial charge is 0.334 e. The van der Waals surface area contributed by atoms with Crippen LogP contribution in [0.15, 0.2) is 12.1 Å². The molecule has 2 heterocycles. The van der Waals surface area contributed by atoms with Crippen molar-refractivity contribution >= 4 is 6.03 Å². The van der Waals surface area contributed by atoms with E-state index in [1.807, 2.05) is 30.9 Å². The van der Waals surface area contributed by atoms with Gasteiger partial charge in [0.1, 0.15) is 0 Å². The molecule has 3 rings (SSSR count). The standard InChI is InChI=1S/C15H22N4O/c1-10-5-12(6-11(2)18-10)7-17-14(20)19-8-13-3-4-15(13,16)9-19/h5-6,13H,3-4,7-9,16H2,1-2H3,(H,17,20)/t13-,15-/m0/s1. The molecule has 0 bridgehead atoms. The van der Waals surface area contributed by atoms with Gasteiger partial charge in [-0.2, -0.15) is 0 Å². The molecule has 2 fully saturated rings. The normalized spacial score (nSPS) is 27.9. The van der Waals surface area contributed by atoms with Crippen molar-refractivity contribution in [3.05, 3.63) is 29.1 Å². The molecule has 1 saturated carbocycles. The molecule has 1 aliphatic heterocycles. The Hall–Kier alpha value is -1.62. The van der Waals surface area contributed by atoms with Crippen LogP contribution in [0.2, 0.25) is 0 Å². The zero-order valence-electron chi connectivity index (χ0n) is 12.1. The Balaban J connectivity index is 1.57. The first-order valence-corrected chi connectivity index (χ1v) is 7.22. The highest BCUT2D eigenvalue weighted by atomic mass is 16.2. The summed E-state index contributed by atoms with van der Waals surface area (Å²) in [6.45, 7) is 5.97.